The highest BCUT2D eigenvalue weighted by Crippen LogP contribution is 2.30. The quantitative estimate of drug-likeness (QED) is 0.920. The van der Waals surface area contributed by atoms with Crippen LogP contribution < -0.4 is 15.5 Å². The standard InChI is InChI=1S/C16H20N3O2/c20-15-11-19(14-6-2-1-5-13(14)18-15)16(21)8-7-12-4-3-9-17-10-12/h1-2,5-6,12H,3-4,7-11H2,(H,18,20). The van der Waals surface area contributed by atoms with Gasteiger partial charge in [-0.1, -0.05) is 12.1 Å². The predicted octanol–water partition coefficient (Wildman–Crippen LogP) is 1.77. The van der Waals surface area contributed by atoms with E-state index in [0.717, 1.165) is 43.7 Å². The van der Waals surface area contributed by atoms with Crippen LogP contribution in [0.3, 0.4) is 0 Å². The average Bonchev–Trinajstić information content (AvgIpc) is 2.52. The van der Waals surface area contributed by atoms with Gasteiger partial charge in [0, 0.05) is 19.5 Å². The van der Waals surface area contributed by atoms with Gasteiger partial charge < -0.3 is 10.2 Å². The second-order valence-corrected chi connectivity index (χ2v) is 5.72. The lowest BCUT2D eigenvalue weighted by atomic mass is 9.94. The largest absolute Gasteiger partial charge is 0.323 e. The van der Waals surface area contributed by atoms with E-state index in [1.807, 2.05) is 24.3 Å². The van der Waals surface area contributed by atoms with E-state index in [1.54, 1.807) is 4.90 Å². The maximum Gasteiger partial charge on any atom is 0.244 e. The minimum Gasteiger partial charge on any atom is -0.323 e. The average molecular weight is 286 g/mol. The van der Waals surface area contributed by atoms with Crippen LogP contribution in [0.25, 0.3) is 0 Å². The number of hydrogen-bond acceptors (Lipinski definition) is 2. The summed E-state index contributed by atoms with van der Waals surface area (Å²) in [5, 5.41) is 7.21. The molecule has 5 heteroatoms. The molecule has 0 aliphatic carbocycles. The molecule has 1 N–H and O–H groups in total. The number of carbonyl (C=O) groups excluding carboxylic acids is 2. The summed E-state index contributed by atoms with van der Waals surface area (Å²) in [5.41, 5.74) is 1.52. The molecule has 2 heterocycles. The van der Waals surface area contributed by atoms with Crippen LogP contribution in [0, 0.1) is 5.92 Å². The van der Waals surface area contributed by atoms with E-state index in [0.29, 0.717) is 12.3 Å². The lowest BCUT2D eigenvalue weighted by Crippen LogP contribution is -2.42. The third-order valence-electron chi connectivity index (χ3n) is 4.15. The van der Waals surface area contributed by atoms with Crippen LogP contribution in [-0.2, 0) is 9.59 Å². The van der Waals surface area contributed by atoms with Gasteiger partial charge in [0.05, 0.1) is 11.4 Å². The van der Waals surface area contributed by atoms with Crippen molar-refractivity contribution in [2.75, 3.05) is 29.9 Å². The predicted molar refractivity (Wildman–Crippen MR) is 81.3 cm³/mol. The van der Waals surface area contributed by atoms with E-state index >= 15 is 0 Å². The van der Waals surface area contributed by atoms with Crippen molar-refractivity contribution in [3.05, 3.63) is 24.3 Å². The molecule has 1 saturated heterocycles. The first-order valence-electron chi connectivity index (χ1n) is 7.56. The second-order valence-electron chi connectivity index (χ2n) is 5.72. The molecular weight excluding hydrogens is 266 g/mol. The summed E-state index contributed by atoms with van der Waals surface area (Å²) in [5.74, 6) is 0.425. The Morgan fingerprint density at radius 2 is 2.24 bits per heavy atom. The first kappa shape index (κ1) is 14.1. The highest BCUT2D eigenvalue weighted by atomic mass is 16.2. The van der Waals surface area contributed by atoms with Crippen LogP contribution in [0.2, 0.25) is 0 Å². The third kappa shape index (κ3) is 3.24. The van der Waals surface area contributed by atoms with E-state index < -0.39 is 0 Å². The fourth-order valence-electron chi connectivity index (χ4n) is 3.01. The molecule has 1 aromatic carbocycles. The summed E-state index contributed by atoms with van der Waals surface area (Å²) in [6.45, 7) is 1.96. The molecule has 5 nitrogen and oxygen atoms in total. The molecule has 111 valence electrons. The number of benzene rings is 1. The molecule has 0 aromatic heterocycles. The number of para-hydroxylation sites is 2. The molecule has 2 amide bonds. The summed E-state index contributed by atoms with van der Waals surface area (Å²) in [6, 6.07) is 7.45. The van der Waals surface area contributed by atoms with Crippen LogP contribution in [-0.4, -0.2) is 31.4 Å². The van der Waals surface area contributed by atoms with Gasteiger partial charge in [-0.15, -0.1) is 0 Å². The molecule has 3 rings (SSSR count). The van der Waals surface area contributed by atoms with E-state index in [9.17, 15) is 9.59 Å². The number of hydrogen-bond donors (Lipinski definition) is 1. The Morgan fingerprint density at radius 3 is 3.05 bits per heavy atom. The fourth-order valence-corrected chi connectivity index (χ4v) is 3.01. The molecule has 1 unspecified atom stereocenters. The van der Waals surface area contributed by atoms with Crippen molar-refractivity contribution >= 4 is 23.2 Å². The highest BCUT2D eigenvalue weighted by molar-refractivity contribution is 6.09. The summed E-state index contributed by atoms with van der Waals surface area (Å²) >= 11 is 0. The first-order valence-corrected chi connectivity index (χ1v) is 7.56. The topological polar surface area (TPSA) is 63.5 Å². The van der Waals surface area contributed by atoms with E-state index in [4.69, 9.17) is 0 Å². The number of fused-ring (bicyclic) bond motifs is 1. The van der Waals surface area contributed by atoms with Crippen molar-refractivity contribution in [1.29, 1.82) is 0 Å². The second kappa shape index (κ2) is 6.26. The van der Waals surface area contributed by atoms with Crippen LogP contribution >= 0.6 is 0 Å². The van der Waals surface area contributed by atoms with Crippen molar-refractivity contribution in [3.8, 4) is 0 Å². The van der Waals surface area contributed by atoms with E-state index in [1.165, 1.54) is 0 Å². The Balaban J connectivity index is 1.65. The van der Waals surface area contributed by atoms with Gasteiger partial charge in [-0.25, -0.2) is 5.32 Å². The molecule has 2 aliphatic heterocycles. The summed E-state index contributed by atoms with van der Waals surface area (Å²) in [7, 11) is 0. The van der Waals surface area contributed by atoms with Crippen LogP contribution in [0.5, 0.6) is 0 Å². The molecule has 1 fully saturated rings. The molecule has 1 atom stereocenters. The lowest BCUT2D eigenvalue weighted by Gasteiger charge is -2.30. The van der Waals surface area contributed by atoms with Gasteiger partial charge in [-0.05, 0) is 37.3 Å². The Labute approximate surface area is 124 Å². The Hall–Kier alpha value is -1.88. The molecular formula is C16H20N3O2. The molecule has 0 saturated carbocycles. The summed E-state index contributed by atoms with van der Waals surface area (Å²) in [4.78, 5) is 25.8. The Bertz CT molecular complexity index is 538. The smallest absolute Gasteiger partial charge is 0.244 e. The van der Waals surface area contributed by atoms with Crippen molar-refractivity contribution < 1.29 is 9.59 Å². The first-order chi connectivity index (χ1) is 10.2. The van der Waals surface area contributed by atoms with Crippen molar-refractivity contribution in [2.24, 2.45) is 5.92 Å². The van der Waals surface area contributed by atoms with Crippen molar-refractivity contribution in [2.45, 2.75) is 25.7 Å². The van der Waals surface area contributed by atoms with Gasteiger partial charge >= 0.3 is 0 Å². The zero-order valence-corrected chi connectivity index (χ0v) is 12.0. The Kier molecular flexibility index (Phi) is 4.20. The monoisotopic (exact) mass is 286 g/mol. The number of nitrogens with one attached hydrogen (secondary N) is 1. The van der Waals surface area contributed by atoms with Crippen molar-refractivity contribution in [1.82, 2.24) is 5.32 Å². The number of carbonyl (C=O) groups is 2. The lowest BCUT2D eigenvalue weighted by molar-refractivity contribution is -0.122. The number of piperidine rings is 1. The molecule has 0 spiro atoms. The van der Waals surface area contributed by atoms with Gasteiger partial charge in [-0.3, -0.25) is 9.59 Å². The number of amides is 2. The SMILES string of the molecule is O=C1CN(C(=O)CCC2CCC[N]C2)c2ccccc2N1. The molecule has 1 radical (unpaired) electrons. The van der Waals surface area contributed by atoms with Gasteiger partial charge in [0.15, 0.2) is 0 Å². The zero-order valence-electron chi connectivity index (χ0n) is 12.0. The van der Waals surface area contributed by atoms with Gasteiger partial charge in [0.2, 0.25) is 11.8 Å². The van der Waals surface area contributed by atoms with E-state index in [-0.39, 0.29) is 18.4 Å². The molecule has 21 heavy (non-hydrogen) atoms. The maximum absolute atomic E-state index is 12.5. The highest BCUT2D eigenvalue weighted by Gasteiger charge is 2.27. The third-order valence-corrected chi connectivity index (χ3v) is 4.15. The van der Waals surface area contributed by atoms with Gasteiger partial charge in [0.1, 0.15) is 6.54 Å². The minimum atomic E-state index is -0.130. The zero-order chi connectivity index (χ0) is 14.7. The molecule has 0 bridgehead atoms. The summed E-state index contributed by atoms with van der Waals surface area (Å²) in [6.07, 6.45) is 3.64. The normalized spacial score (nSPS) is 21.6. The van der Waals surface area contributed by atoms with Crippen molar-refractivity contribution in [3.63, 3.8) is 0 Å². The van der Waals surface area contributed by atoms with Gasteiger partial charge in [-0.2, -0.15) is 0 Å². The van der Waals surface area contributed by atoms with Gasteiger partial charge in [0.25, 0.3) is 0 Å². The fraction of sp³-hybridized carbons (Fsp3) is 0.500. The van der Waals surface area contributed by atoms with Crippen LogP contribution in [0.15, 0.2) is 24.3 Å². The molecule has 2 aliphatic rings. The minimum absolute atomic E-state index is 0.0304. The number of anilines is 2. The number of rotatable bonds is 3. The van der Waals surface area contributed by atoms with Crippen LogP contribution in [0.4, 0.5) is 11.4 Å². The maximum atomic E-state index is 12.5. The van der Waals surface area contributed by atoms with E-state index in [2.05, 4.69) is 10.6 Å². The van der Waals surface area contributed by atoms with Crippen LogP contribution in [0.1, 0.15) is 25.7 Å². The number of nitrogens with zero attached hydrogens (tertiary/aromatic N) is 2. The molecule has 1 aromatic rings. The summed E-state index contributed by atoms with van der Waals surface area (Å²) < 4.78 is 0. The Morgan fingerprint density at radius 1 is 1.38 bits per heavy atom.